The van der Waals surface area contributed by atoms with Gasteiger partial charge in [0.15, 0.2) is 5.75 Å². The van der Waals surface area contributed by atoms with Gasteiger partial charge in [-0.25, -0.2) is 9.59 Å². The van der Waals surface area contributed by atoms with Crippen molar-refractivity contribution in [2.24, 2.45) is 0 Å². The Bertz CT molecular complexity index is 1570. The summed E-state index contributed by atoms with van der Waals surface area (Å²) >= 11 is 18.4. The number of alkyl carbamates (subject to hydrolysis) is 1. The van der Waals surface area contributed by atoms with Crippen molar-refractivity contribution >= 4 is 46.9 Å². The Morgan fingerprint density at radius 3 is 2.12 bits per heavy atom. The molecule has 0 aromatic heterocycles. The molecule has 0 bridgehead atoms. The zero-order valence-corrected chi connectivity index (χ0v) is 24.7. The van der Waals surface area contributed by atoms with E-state index in [1.165, 1.54) is 19.2 Å². The number of carbonyl (C=O) groups is 2. The second-order valence-electron chi connectivity index (χ2n) is 9.70. The maximum atomic E-state index is 12.8. The molecule has 0 heterocycles. The summed E-state index contributed by atoms with van der Waals surface area (Å²) in [6.45, 7) is 0.113. The van der Waals surface area contributed by atoms with Crippen LogP contribution in [0, 0.1) is 0 Å². The second kappa shape index (κ2) is 12.9. The highest BCUT2D eigenvalue weighted by molar-refractivity contribution is 6.40. The summed E-state index contributed by atoms with van der Waals surface area (Å²) < 4.78 is 16.8. The summed E-state index contributed by atoms with van der Waals surface area (Å²) in [5.74, 6) is -0.554. The molecule has 1 aliphatic rings. The van der Waals surface area contributed by atoms with Gasteiger partial charge in [-0.05, 0) is 52.1 Å². The van der Waals surface area contributed by atoms with Gasteiger partial charge in [-0.15, -0.1) is 0 Å². The Kier molecular flexibility index (Phi) is 9.12. The predicted molar refractivity (Wildman–Crippen MR) is 162 cm³/mol. The first kappa shape index (κ1) is 29.6. The molecule has 4 aromatic carbocycles. The molecule has 10 heteroatoms. The number of rotatable bonds is 10. The fourth-order valence-electron chi connectivity index (χ4n) is 5.11. The summed E-state index contributed by atoms with van der Waals surface area (Å²) in [6, 6.07) is 22.9. The number of carboxylic acids is 1. The van der Waals surface area contributed by atoms with Gasteiger partial charge in [0, 0.05) is 22.9 Å². The predicted octanol–water partition coefficient (Wildman–Crippen LogP) is 7.77. The molecule has 0 radical (unpaired) electrons. The maximum absolute atomic E-state index is 12.8. The summed E-state index contributed by atoms with van der Waals surface area (Å²) in [6.07, 6.45) is -0.813. The third-order valence-electron chi connectivity index (χ3n) is 7.05. The molecule has 5 rings (SSSR count). The third kappa shape index (κ3) is 6.44. The normalized spacial score (nSPS) is 12.7. The molecule has 1 amide bonds. The smallest absolute Gasteiger partial charge is 0.407 e. The Labute approximate surface area is 257 Å². The highest BCUT2D eigenvalue weighted by atomic mass is 35.5. The van der Waals surface area contributed by atoms with Gasteiger partial charge in [0.2, 0.25) is 0 Å². The van der Waals surface area contributed by atoms with Crippen molar-refractivity contribution in [2.75, 3.05) is 13.7 Å². The molecule has 0 fully saturated rings. The van der Waals surface area contributed by atoms with E-state index in [0.717, 1.165) is 22.3 Å². The number of nitrogens with one attached hydrogen (secondary N) is 1. The minimum absolute atomic E-state index is 0.00101. The van der Waals surface area contributed by atoms with Crippen LogP contribution < -0.4 is 14.8 Å². The molecule has 0 saturated carbocycles. The van der Waals surface area contributed by atoms with Crippen LogP contribution in [0.3, 0.4) is 0 Å². The lowest BCUT2D eigenvalue weighted by Crippen LogP contribution is -2.42. The van der Waals surface area contributed by atoms with Crippen LogP contribution in [-0.4, -0.2) is 36.9 Å². The summed E-state index contributed by atoms with van der Waals surface area (Å²) in [7, 11) is 1.51. The van der Waals surface area contributed by atoms with Crippen molar-refractivity contribution in [1.82, 2.24) is 5.32 Å². The number of ether oxygens (including phenoxy) is 3. The van der Waals surface area contributed by atoms with E-state index in [-0.39, 0.29) is 41.3 Å². The number of carboxylic acid groups (broad SMARTS) is 1. The van der Waals surface area contributed by atoms with Gasteiger partial charge >= 0.3 is 12.1 Å². The van der Waals surface area contributed by atoms with Gasteiger partial charge in [-0.2, -0.15) is 0 Å². The van der Waals surface area contributed by atoms with Crippen molar-refractivity contribution in [1.29, 1.82) is 0 Å². The van der Waals surface area contributed by atoms with Crippen molar-refractivity contribution in [3.63, 3.8) is 0 Å². The van der Waals surface area contributed by atoms with Crippen molar-refractivity contribution < 1.29 is 28.9 Å². The standard InChI is InChI=1S/C32H26Cl3NO6/c1-40-29-11-10-18(12-19(29)16-41-30-26(34)14-20(33)15-27(30)35)13-28(31(37)38)36-32(39)42-17-25-23-8-4-2-6-21(23)22-7-3-5-9-24(22)25/h2-12,14-15,25,28H,13,16-17H2,1H3,(H,36,39)(H,37,38). The number of methoxy groups -OCH3 is 1. The van der Waals surface area contributed by atoms with Crippen LogP contribution in [0.5, 0.6) is 11.5 Å². The van der Waals surface area contributed by atoms with Crippen LogP contribution in [0.25, 0.3) is 11.1 Å². The largest absolute Gasteiger partial charge is 0.496 e. The average molecular weight is 627 g/mol. The molecule has 216 valence electrons. The first-order valence-electron chi connectivity index (χ1n) is 13.0. The lowest BCUT2D eigenvalue weighted by molar-refractivity contribution is -0.139. The van der Waals surface area contributed by atoms with Gasteiger partial charge in [-0.1, -0.05) is 89.4 Å². The molecule has 42 heavy (non-hydrogen) atoms. The van der Waals surface area contributed by atoms with E-state index in [0.29, 0.717) is 21.9 Å². The van der Waals surface area contributed by atoms with Gasteiger partial charge in [0.25, 0.3) is 0 Å². The van der Waals surface area contributed by atoms with E-state index in [9.17, 15) is 14.7 Å². The van der Waals surface area contributed by atoms with Crippen LogP contribution in [0.4, 0.5) is 4.79 Å². The Balaban J connectivity index is 1.25. The third-order valence-corrected chi connectivity index (χ3v) is 7.83. The number of halogens is 3. The van der Waals surface area contributed by atoms with Crippen LogP contribution in [0.15, 0.2) is 78.9 Å². The second-order valence-corrected chi connectivity index (χ2v) is 10.9. The van der Waals surface area contributed by atoms with E-state index >= 15 is 0 Å². The monoisotopic (exact) mass is 625 g/mol. The zero-order chi connectivity index (χ0) is 29.8. The van der Waals surface area contributed by atoms with E-state index in [2.05, 4.69) is 5.32 Å². The fraction of sp³-hybridized carbons (Fsp3) is 0.188. The van der Waals surface area contributed by atoms with Crippen LogP contribution in [-0.2, 0) is 22.6 Å². The van der Waals surface area contributed by atoms with E-state index < -0.39 is 18.1 Å². The molecule has 1 unspecified atom stereocenters. The Hall–Kier alpha value is -3.91. The Morgan fingerprint density at radius 2 is 1.52 bits per heavy atom. The zero-order valence-electron chi connectivity index (χ0n) is 22.4. The maximum Gasteiger partial charge on any atom is 0.407 e. The van der Waals surface area contributed by atoms with E-state index in [1.54, 1.807) is 18.2 Å². The van der Waals surface area contributed by atoms with Crippen LogP contribution in [0.1, 0.15) is 28.2 Å². The molecule has 0 aliphatic heterocycles. The molecule has 0 saturated heterocycles. The molecule has 1 aliphatic carbocycles. The van der Waals surface area contributed by atoms with Crippen molar-refractivity contribution in [2.45, 2.75) is 25.0 Å². The van der Waals surface area contributed by atoms with Gasteiger partial charge < -0.3 is 24.6 Å². The molecule has 4 aromatic rings. The van der Waals surface area contributed by atoms with E-state index in [4.69, 9.17) is 49.0 Å². The number of aliphatic carboxylic acids is 1. The van der Waals surface area contributed by atoms with Crippen molar-refractivity contribution in [3.05, 3.63) is 116 Å². The minimum atomic E-state index is -1.23. The molecular formula is C32H26Cl3NO6. The van der Waals surface area contributed by atoms with Crippen molar-refractivity contribution in [3.8, 4) is 22.6 Å². The summed E-state index contributed by atoms with van der Waals surface area (Å²) in [5, 5.41) is 13.2. The quantitative estimate of drug-likeness (QED) is 0.187. The topological polar surface area (TPSA) is 94.1 Å². The molecule has 2 N–H and O–H groups in total. The molecule has 7 nitrogen and oxygen atoms in total. The van der Waals surface area contributed by atoms with Crippen LogP contribution >= 0.6 is 34.8 Å². The average Bonchev–Trinajstić information content (AvgIpc) is 3.29. The molecule has 1 atom stereocenters. The number of benzene rings is 4. The number of hydrogen-bond acceptors (Lipinski definition) is 5. The molecular weight excluding hydrogens is 601 g/mol. The first-order chi connectivity index (χ1) is 20.2. The lowest BCUT2D eigenvalue weighted by atomic mass is 9.98. The van der Waals surface area contributed by atoms with Crippen LogP contribution in [0.2, 0.25) is 15.1 Å². The number of amides is 1. The number of fused-ring (bicyclic) bond motifs is 3. The lowest BCUT2D eigenvalue weighted by Gasteiger charge is -2.18. The van der Waals surface area contributed by atoms with Gasteiger partial charge in [0.1, 0.15) is 25.0 Å². The highest BCUT2D eigenvalue weighted by Crippen LogP contribution is 2.44. The SMILES string of the molecule is COc1ccc(CC(NC(=O)OCC2c3ccccc3-c3ccccc32)C(=O)O)cc1COc1c(Cl)cc(Cl)cc1Cl. The Morgan fingerprint density at radius 1 is 0.905 bits per heavy atom. The minimum Gasteiger partial charge on any atom is -0.496 e. The summed E-state index contributed by atoms with van der Waals surface area (Å²) in [4.78, 5) is 24.9. The van der Waals surface area contributed by atoms with E-state index in [1.807, 2.05) is 48.5 Å². The summed E-state index contributed by atoms with van der Waals surface area (Å²) in [5.41, 5.74) is 5.60. The highest BCUT2D eigenvalue weighted by Gasteiger charge is 2.30. The fourth-order valence-corrected chi connectivity index (χ4v) is 6.03. The number of hydrogen-bond donors (Lipinski definition) is 2. The first-order valence-corrected chi connectivity index (χ1v) is 14.2. The van der Waals surface area contributed by atoms with Gasteiger partial charge in [0.05, 0.1) is 17.2 Å². The number of carbonyl (C=O) groups excluding carboxylic acids is 1. The van der Waals surface area contributed by atoms with Gasteiger partial charge in [-0.3, -0.25) is 0 Å². The molecule has 0 spiro atoms.